The Bertz CT molecular complexity index is 671. The molecule has 0 unspecified atom stereocenters. The van der Waals surface area contributed by atoms with Crippen molar-refractivity contribution in [2.24, 2.45) is 5.73 Å². The van der Waals surface area contributed by atoms with E-state index in [1.165, 1.54) is 0 Å². The van der Waals surface area contributed by atoms with Crippen LogP contribution in [0.2, 0.25) is 0 Å². The van der Waals surface area contributed by atoms with Crippen LogP contribution in [-0.4, -0.2) is 29.8 Å². The first-order chi connectivity index (χ1) is 8.47. The van der Waals surface area contributed by atoms with Gasteiger partial charge in [0.2, 0.25) is 0 Å². The number of fused-ring (bicyclic) bond motifs is 1. The summed E-state index contributed by atoms with van der Waals surface area (Å²) in [5, 5.41) is -0.159. The zero-order valence-electron chi connectivity index (χ0n) is 9.83. The van der Waals surface area contributed by atoms with Crippen LogP contribution in [0.25, 0.3) is 0 Å². The third-order valence-electron chi connectivity index (χ3n) is 2.94. The van der Waals surface area contributed by atoms with Crippen molar-refractivity contribution >= 4 is 9.84 Å². The van der Waals surface area contributed by atoms with Gasteiger partial charge in [0, 0.05) is 19.2 Å². The van der Waals surface area contributed by atoms with Crippen molar-refractivity contribution in [1.29, 1.82) is 0 Å². The minimum atomic E-state index is -3.50. The summed E-state index contributed by atoms with van der Waals surface area (Å²) in [4.78, 5) is 23.8. The molecule has 8 heteroatoms. The Balaban J connectivity index is 2.64. The summed E-state index contributed by atoms with van der Waals surface area (Å²) in [6, 6.07) is 1.03. The third kappa shape index (κ3) is 2.13. The van der Waals surface area contributed by atoms with Gasteiger partial charge in [0.25, 0.3) is 5.56 Å². The molecule has 18 heavy (non-hydrogen) atoms. The molecule has 0 saturated carbocycles. The molecule has 0 bridgehead atoms. The van der Waals surface area contributed by atoms with Crippen molar-refractivity contribution in [3.8, 4) is 0 Å². The van der Waals surface area contributed by atoms with Gasteiger partial charge >= 0.3 is 5.69 Å². The molecule has 100 valence electrons. The molecule has 7 nitrogen and oxygen atoms in total. The fraction of sp³-hybridized carbons (Fsp3) is 0.600. The van der Waals surface area contributed by atoms with Crippen LogP contribution in [0.4, 0.5) is 0 Å². The molecule has 0 atom stereocenters. The van der Waals surface area contributed by atoms with Gasteiger partial charge in [-0.05, 0) is 19.4 Å². The van der Waals surface area contributed by atoms with E-state index >= 15 is 0 Å². The smallest absolute Gasteiger partial charge is 0.330 e. The fourth-order valence-corrected chi connectivity index (χ4v) is 3.54. The van der Waals surface area contributed by atoms with Crippen molar-refractivity contribution in [1.82, 2.24) is 9.13 Å². The van der Waals surface area contributed by atoms with Crippen LogP contribution in [0.3, 0.4) is 0 Å². The molecule has 2 N–H and O–H groups in total. The number of hydrogen-bond acceptors (Lipinski definition) is 5. The van der Waals surface area contributed by atoms with E-state index in [0.29, 0.717) is 25.9 Å². The highest BCUT2D eigenvalue weighted by Gasteiger charge is 2.26. The van der Waals surface area contributed by atoms with Gasteiger partial charge in [-0.25, -0.2) is 13.2 Å². The maximum absolute atomic E-state index is 12.0. The van der Waals surface area contributed by atoms with E-state index in [2.05, 4.69) is 0 Å². The Kier molecular flexibility index (Phi) is 3.40. The maximum Gasteiger partial charge on any atom is 0.331 e. The topological polar surface area (TPSA) is 104 Å². The Morgan fingerprint density at radius 3 is 2.72 bits per heavy atom. The molecule has 0 aliphatic carbocycles. The Labute approximate surface area is 104 Å². The van der Waals surface area contributed by atoms with E-state index in [1.54, 1.807) is 0 Å². The highest BCUT2D eigenvalue weighted by atomic mass is 32.2. The SMILES string of the molecule is NCCCn1c(=O)cc2n(c1=O)CCCS2(=O)=O. The average Bonchev–Trinajstić information content (AvgIpc) is 2.30. The zero-order chi connectivity index (χ0) is 13.3. The Morgan fingerprint density at radius 2 is 2.06 bits per heavy atom. The molecule has 1 aromatic rings. The molecule has 0 aromatic carbocycles. The van der Waals surface area contributed by atoms with Gasteiger partial charge in [-0.3, -0.25) is 13.9 Å². The molecule has 0 spiro atoms. The van der Waals surface area contributed by atoms with E-state index < -0.39 is 21.1 Å². The standard InChI is InChI=1S/C10H15N3O4S/c11-3-1-4-12-8(14)7-9-13(10(12)15)5-2-6-18(9,16)17/h7H,1-6,11H2. The number of hydrogen-bond donors (Lipinski definition) is 1. The van der Waals surface area contributed by atoms with Gasteiger partial charge in [-0.1, -0.05) is 0 Å². The summed E-state index contributed by atoms with van der Waals surface area (Å²) in [5.74, 6) is -0.0152. The molecule has 1 aliphatic rings. The lowest BCUT2D eigenvalue weighted by atomic mass is 10.4. The lowest BCUT2D eigenvalue weighted by molar-refractivity contribution is 0.473. The summed E-state index contributed by atoms with van der Waals surface area (Å²) in [5.41, 5.74) is 4.20. The van der Waals surface area contributed by atoms with Crippen LogP contribution in [-0.2, 0) is 22.9 Å². The van der Waals surface area contributed by atoms with E-state index in [9.17, 15) is 18.0 Å². The van der Waals surface area contributed by atoms with Crippen LogP contribution in [0.1, 0.15) is 12.8 Å². The predicted molar refractivity (Wildman–Crippen MR) is 65.3 cm³/mol. The molecule has 0 fully saturated rings. The monoisotopic (exact) mass is 273 g/mol. The van der Waals surface area contributed by atoms with Crippen molar-refractivity contribution < 1.29 is 8.42 Å². The quantitative estimate of drug-likeness (QED) is 0.677. The number of nitrogens with zero attached hydrogens (tertiary/aromatic N) is 2. The van der Waals surface area contributed by atoms with Crippen LogP contribution >= 0.6 is 0 Å². The molecular weight excluding hydrogens is 258 g/mol. The predicted octanol–water partition coefficient (Wildman–Crippen LogP) is -1.46. The molecular formula is C10H15N3O4S. The second-order valence-corrected chi connectivity index (χ2v) is 6.28. The highest BCUT2D eigenvalue weighted by Crippen LogP contribution is 2.14. The molecule has 2 rings (SSSR count). The van der Waals surface area contributed by atoms with E-state index in [0.717, 1.165) is 15.2 Å². The van der Waals surface area contributed by atoms with Gasteiger partial charge in [0.15, 0.2) is 9.84 Å². The number of aromatic nitrogens is 2. The lowest BCUT2D eigenvalue weighted by Crippen LogP contribution is -2.44. The second-order valence-electron chi connectivity index (χ2n) is 4.22. The van der Waals surface area contributed by atoms with Gasteiger partial charge < -0.3 is 5.73 Å². The fourth-order valence-electron chi connectivity index (χ4n) is 2.03. The molecule has 2 heterocycles. The maximum atomic E-state index is 12.0. The van der Waals surface area contributed by atoms with E-state index in [-0.39, 0.29) is 17.3 Å². The summed E-state index contributed by atoms with van der Waals surface area (Å²) in [6.45, 7) is 0.913. The summed E-state index contributed by atoms with van der Waals surface area (Å²) < 4.78 is 25.8. The number of sulfone groups is 1. The Morgan fingerprint density at radius 1 is 1.33 bits per heavy atom. The van der Waals surface area contributed by atoms with Gasteiger partial charge in [-0.2, -0.15) is 0 Å². The minimum Gasteiger partial charge on any atom is -0.330 e. The average molecular weight is 273 g/mol. The zero-order valence-corrected chi connectivity index (χ0v) is 10.6. The third-order valence-corrected chi connectivity index (χ3v) is 4.74. The van der Waals surface area contributed by atoms with Gasteiger partial charge in [-0.15, -0.1) is 0 Å². The molecule has 0 saturated heterocycles. The first kappa shape index (κ1) is 13.0. The van der Waals surface area contributed by atoms with E-state index in [4.69, 9.17) is 5.73 Å². The van der Waals surface area contributed by atoms with Crippen molar-refractivity contribution in [3.05, 3.63) is 26.9 Å². The van der Waals surface area contributed by atoms with Crippen LogP contribution in [0.15, 0.2) is 20.7 Å². The molecule has 1 aliphatic heterocycles. The van der Waals surface area contributed by atoms with Crippen molar-refractivity contribution in [3.63, 3.8) is 0 Å². The lowest BCUT2D eigenvalue weighted by Gasteiger charge is -2.19. The minimum absolute atomic E-state index is 0.0152. The number of rotatable bonds is 3. The van der Waals surface area contributed by atoms with Crippen molar-refractivity contribution in [2.45, 2.75) is 31.0 Å². The summed E-state index contributed by atoms with van der Waals surface area (Å²) >= 11 is 0. The molecule has 1 aromatic heterocycles. The normalized spacial score (nSPS) is 17.4. The Hall–Kier alpha value is -1.41. The van der Waals surface area contributed by atoms with Crippen LogP contribution < -0.4 is 17.0 Å². The molecule has 0 radical (unpaired) electrons. The van der Waals surface area contributed by atoms with Crippen LogP contribution in [0, 0.1) is 0 Å². The summed E-state index contributed by atoms with van der Waals surface area (Å²) in [7, 11) is -3.50. The van der Waals surface area contributed by atoms with E-state index in [1.807, 2.05) is 0 Å². The van der Waals surface area contributed by atoms with Crippen molar-refractivity contribution in [2.75, 3.05) is 12.3 Å². The first-order valence-corrected chi connectivity index (χ1v) is 7.40. The number of nitrogens with two attached hydrogens (primary N) is 1. The highest BCUT2D eigenvalue weighted by molar-refractivity contribution is 7.91. The van der Waals surface area contributed by atoms with Gasteiger partial charge in [0.1, 0.15) is 5.03 Å². The second kappa shape index (κ2) is 4.69. The molecule has 0 amide bonds. The van der Waals surface area contributed by atoms with Gasteiger partial charge in [0.05, 0.1) is 5.75 Å². The first-order valence-electron chi connectivity index (χ1n) is 5.75. The van der Waals surface area contributed by atoms with Crippen LogP contribution in [0.5, 0.6) is 0 Å². The summed E-state index contributed by atoms with van der Waals surface area (Å²) in [6.07, 6.45) is 0.894. The largest absolute Gasteiger partial charge is 0.331 e.